The minimum Gasteiger partial charge on any atom is -0.468 e. The number of carbonyl (C=O) groups is 2. The van der Waals surface area contributed by atoms with Crippen LogP contribution in [0.15, 0.2) is 30.5 Å². The molecule has 3 heterocycles. The first-order chi connectivity index (χ1) is 16.6. The van der Waals surface area contributed by atoms with Crippen LogP contribution >= 0.6 is 0 Å². The lowest BCUT2D eigenvalue weighted by atomic mass is 10.1. The van der Waals surface area contributed by atoms with Gasteiger partial charge in [0, 0.05) is 31.9 Å². The van der Waals surface area contributed by atoms with Crippen LogP contribution in [0.1, 0.15) is 37.9 Å². The van der Waals surface area contributed by atoms with Crippen molar-refractivity contribution in [2.75, 3.05) is 39.9 Å². The van der Waals surface area contributed by atoms with Crippen molar-refractivity contribution in [2.45, 2.75) is 50.9 Å². The second-order valence-electron chi connectivity index (χ2n) is 8.72. The Balaban J connectivity index is 1.51. The van der Waals surface area contributed by atoms with Gasteiger partial charge in [-0.15, -0.1) is 0 Å². The van der Waals surface area contributed by atoms with E-state index in [0.29, 0.717) is 26.2 Å². The number of rotatable bonds is 11. The number of methoxy groups -OCH3 is 1. The number of carbonyl (C=O) groups excluding carboxylic acids is 2. The Morgan fingerprint density at radius 1 is 1.38 bits per heavy atom. The number of nitrogens with zero attached hydrogens (tertiary/aromatic N) is 4. The quantitative estimate of drug-likeness (QED) is 0.372. The molecule has 10 heteroatoms. The monoisotopic (exact) mass is 470 g/mol. The zero-order valence-electron chi connectivity index (χ0n) is 19.9. The molecule has 0 aromatic carbocycles. The Morgan fingerprint density at radius 3 is 2.91 bits per heavy atom. The van der Waals surface area contributed by atoms with Gasteiger partial charge in [0.15, 0.2) is 0 Å². The highest BCUT2D eigenvalue weighted by atomic mass is 16.5. The van der Waals surface area contributed by atoms with E-state index >= 15 is 0 Å². The maximum atomic E-state index is 13.3. The molecule has 10 nitrogen and oxygen atoms in total. The third kappa shape index (κ3) is 5.99. The lowest BCUT2D eigenvalue weighted by molar-refractivity contribution is -0.148. The number of hydrogen-bond acceptors (Lipinski definition) is 8. The third-order valence-corrected chi connectivity index (χ3v) is 6.19. The fourth-order valence-corrected chi connectivity index (χ4v) is 4.22. The molecule has 1 amide bonds. The van der Waals surface area contributed by atoms with Crippen molar-refractivity contribution in [3.63, 3.8) is 0 Å². The molecule has 0 unspecified atom stereocenters. The standard InChI is InChI=1S/C24H34N6O4/c1-17(30(18-7-8-18)24(32)22-15-26-11-13-34-22)20-14-21(19-6-3-4-10-27-19)29(28-20)12-5-9-25-16-23(31)33-2/h3-4,6,10,14,17-18,22,25-26H,5,7-9,11-13,15-16H2,1-2H3/t17-,22-/m1/s1. The van der Waals surface area contributed by atoms with Gasteiger partial charge in [0.1, 0.15) is 6.10 Å². The van der Waals surface area contributed by atoms with E-state index in [1.54, 1.807) is 6.20 Å². The topological polar surface area (TPSA) is 111 Å². The summed E-state index contributed by atoms with van der Waals surface area (Å²) in [6.45, 7) is 5.39. The van der Waals surface area contributed by atoms with Crippen molar-refractivity contribution >= 4 is 11.9 Å². The summed E-state index contributed by atoms with van der Waals surface area (Å²) in [4.78, 5) is 31.1. The van der Waals surface area contributed by atoms with E-state index in [-0.39, 0.29) is 30.5 Å². The fourth-order valence-electron chi connectivity index (χ4n) is 4.22. The van der Waals surface area contributed by atoms with Crippen LogP contribution in [0.25, 0.3) is 11.4 Å². The highest BCUT2D eigenvalue weighted by molar-refractivity contribution is 5.82. The predicted octanol–water partition coefficient (Wildman–Crippen LogP) is 1.14. The first kappa shape index (κ1) is 24.3. The molecule has 34 heavy (non-hydrogen) atoms. The summed E-state index contributed by atoms with van der Waals surface area (Å²) in [5.74, 6) is -0.255. The zero-order chi connectivity index (χ0) is 23.9. The van der Waals surface area contributed by atoms with Crippen LogP contribution in [0.4, 0.5) is 0 Å². The summed E-state index contributed by atoms with van der Waals surface area (Å²) >= 11 is 0. The van der Waals surface area contributed by atoms with Gasteiger partial charge in [-0.3, -0.25) is 19.3 Å². The normalized spacial score (nSPS) is 18.9. The minimum absolute atomic E-state index is 0.0307. The van der Waals surface area contributed by atoms with Crippen LogP contribution in [0.5, 0.6) is 0 Å². The van der Waals surface area contributed by atoms with Crippen molar-refractivity contribution in [1.82, 2.24) is 30.3 Å². The van der Waals surface area contributed by atoms with Crippen LogP contribution < -0.4 is 10.6 Å². The Bertz CT molecular complexity index is 956. The van der Waals surface area contributed by atoms with Gasteiger partial charge in [0.05, 0.1) is 43.4 Å². The molecule has 0 spiro atoms. The second-order valence-corrected chi connectivity index (χ2v) is 8.72. The van der Waals surface area contributed by atoms with E-state index < -0.39 is 6.10 Å². The Kier molecular flexibility index (Phi) is 8.25. The number of amides is 1. The summed E-state index contributed by atoms with van der Waals surface area (Å²) in [5, 5.41) is 11.2. The SMILES string of the molecule is COC(=O)CNCCCn1nc([C@@H](C)N(C(=O)[C@H]2CNCCO2)C2CC2)cc1-c1ccccn1. The molecule has 1 aliphatic carbocycles. The maximum absolute atomic E-state index is 13.3. The van der Waals surface area contributed by atoms with E-state index in [1.807, 2.05) is 40.8 Å². The zero-order valence-corrected chi connectivity index (χ0v) is 19.9. The van der Waals surface area contributed by atoms with Crippen molar-refractivity contribution < 1.29 is 19.1 Å². The van der Waals surface area contributed by atoms with E-state index in [4.69, 9.17) is 9.84 Å². The first-order valence-corrected chi connectivity index (χ1v) is 12.0. The molecule has 0 bridgehead atoms. The summed E-state index contributed by atoms with van der Waals surface area (Å²) < 4.78 is 12.4. The third-order valence-electron chi connectivity index (χ3n) is 6.19. The van der Waals surface area contributed by atoms with E-state index in [1.165, 1.54) is 7.11 Å². The number of aromatic nitrogens is 3. The Labute approximate surface area is 200 Å². The van der Waals surface area contributed by atoms with Crippen molar-refractivity contribution in [3.05, 3.63) is 36.2 Å². The molecule has 2 atom stereocenters. The van der Waals surface area contributed by atoms with Gasteiger partial charge in [-0.05, 0) is 50.9 Å². The molecular weight excluding hydrogens is 436 g/mol. The van der Waals surface area contributed by atoms with Crippen LogP contribution in [0.2, 0.25) is 0 Å². The van der Waals surface area contributed by atoms with Gasteiger partial charge in [-0.1, -0.05) is 6.07 Å². The van der Waals surface area contributed by atoms with Gasteiger partial charge in [-0.25, -0.2) is 0 Å². The molecule has 0 radical (unpaired) electrons. The van der Waals surface area contributed by atoms with E-state index in [0.717, 1.165) is 42.9 Å². The molecule has 1 saturated heterocycles. The molecule has 184 valence electrons. The molecule has 2 aromatic heterocycles. The molecule has 4 rings (SSSR count). The van der Waals surface area contributed by atoms with Crippen molar-refractivity contribution in [1.29, 1.82) is 0 Å². The van der Waals surface area contributed by atoms with Crippen LogP contribution in [-0.2, 0) is 25.6 Å². The van der Waals surface area contributed by atoms with Gasteiger partial charge in [0.2, 0.25) is 0 Å². The van der Waals surface area contributed by atoms with E-state index in [2.05, 4.69) is 20.4 Å². The molecule has 2 fully saturated rings. The summed E-state index contributed by atoms with van der Waals surface area (Å²) in [7, 11) is 1.38. The average molecular weight is 471 g/mol. The second kappa shape index (κ2) is 11.5. The molecule has 2 aromatic rings. The highest BCUT2D eigenvalue weighted by Crippen LogP contribution is 2.36. The largest absolute Gasteiger partial charge is 0.468 e. The maximum Gasteiger partial charge on any atom is 0.319 e. The number of nitrogens with one attached hydrogen (secondary N) is 2. The summed E-state index contributed by atoms with van der Waals surface area (Å²) in [6, 6.07) is 7.90. The summed E-state index contributed by atoms with van der Waals surface area (Å²) in [5.41, 5.74) is 2.58. The predicted molar refractivity (Wildman–Crippen MR) is 126 cm³/mol. The smallest absolute Gasteiger partial charge is 0.319 e. The average Bonchev–Trinajstić information content (AvgIpc) is 3.62. The number of pyridine rings is 1. The van der Waals surface area contributed by atoms with Crippen LogP contribution in [0, 0.1) is 0 Å². The number of morpholine rings is 1. The lowest BCUT2D eigenvalue weighted by Crippen LogP contribution is -2.50. The minimum atomic E-state index is -0.449. The van der Waals surface area contributed by atoms with Crippen molar-refractivity contribution in [2.24, 2.45) is 0 Å². The lowest BCUT2D eigenvalue weighted by Gasteiger charge is -2.33. The van der Waals surface area contributed by atoms with Gasteiger partial charge in [-0.2, -0.15) is 5.10 Å². The Hall–Kier alpha value is -2.82. The molecule has 2 N–H and O–H groups in total. The number of esters is 1. The first-order valence-electron chi connectivity index (χ1n) is 12.0. The Morgan fingerprint density at radius 2 is 2.24 bits per heavy atom. The van der Waals surface area contributed by atoms with Gasteiger partial charge in [0.25, 0.3) is 5.91 Å². The summed E-state index contributed by atoms with van der Waals surface area (Å²) in [6.07, 6.45) is 4.11. The van der Waals surface area contributed by atoms with Crippen molar-refractivity contribution in [3.8, 4) is 11.4 Å². The molecule has 1 aliphatic heterocycles. The van der Waals surface area contributed by atoms with Gasteiger partial charge >= 0.3 is 5.97 Å². The van der Waals surface area contributed by atoms with Crippen LogP contribution in [-0.4, -0.2) is 83.6 Å². The molecule has 2 aliphatic rings. The number of ether oxygens (including phenoxy) is 2. The molecular formula is C24H34N6O4. The highest BCUT2D eigenvalue weighted by Gasteiger charge is 2.40. The fraction of sp³-hybridized carbons (Fsp3) is 0.583. The van der Waals surface area contributed by atoms with Crippen LogP contribution in [0.3, 0.4) is 0 Å². The van der Waals surface area contributed by atoms with E-state index in [9.17, 15) is 9.59 Å². The number of hydrogen-bond donors (Lipinski definition) is 2. The van der Waals surface area contributed by atoms with Gasteiger partial charge < -0.3 is 25.0 Å². The molecule has 1 saturated carbocycles. The number of aryl methyl sites for hydroxylation is 1.